The van der Waals surface area contributed by atoms with Crippen molar-refractivity contribution in [3.63, 3.8) is 0 Å². The number of benzene rings is 1. The fraction of sp³-hybridized carbons (Fsp3) is 0.150. The number of hydrogen-bond donors (Lipinski definition) is 1. The van der Waals surface area contributed by atoms with Crippen molar-refractivity contribution in [3.8, 4) is 0 Å². The first-order valence-electron chi connectivity index (χ1n) is 8.48. The number of likely N-dealkylation sites (N-methyl/N-ethyl adjacent to an activating group) is 1. The lowest BCUT2D eigenvalue weighted by Gasteiger charge is -2.18. The minimum atomic E-state index is 0.207. The SMILES string of the molecule is CN1C=C(c2ccc3nc(Cl)nc(NCc4cncc(Cl)c4)c3c2)C=CC1. The van der Waals surface area contributed by atoms with Gasteiger partial charge < -0.3 is 10.2 Å². The average molecular weight is 398 g/mol. The number of rotatable bonds is 4. The second-order valence-corrected chi connectivity index (χ2v) is 7.14. The molecule has 27 heavy (non-hydrogen) atoms. The largest absolute Gasteiger partial charge is 0.376 e. The molecule has 2 aromatic heterocycles. The van der Waals surface area contributed by atoms with Crippen LogP contribution in [0.5, 0.6) is 0 Å². The van der Waals surface area contributed by atoms with Gasteiger partial charge in [0.1, 0.15) is 5.82 Å². The number of aromatic nitrogens is 3. The van der Waals surface area contributed by atoms with E-state index in [4.69, 9.17) is 23.2 Å². The summed E-state index contributed by atoms with van der Waals surface area (Å²) in [7, 11) is 2.06. The van der Waals surface area contributed by atoms with E-state index in [0.29, 0.717) is 17.4 Å². The number of allylic oxidation sites excluding steroid dienone is 2. The van der Waals surface area contributed by atoms with E-state index in [0.717, 1.165) is 34.1 Å². The summed E-state index contributed by atoms with van der Waals surface area (Å²) >= 11 is 12.1. The van der Waals surface area contributed by atoms with E-state index in [2.05, 4.69) is 56.6 Å². The van der Waals surface area contributed by atoms with Crippen molar-refractivity contribution in [3.05, 3.63) is 76.4 Å². The number of nitrogens with one attached hydrogen (secondary N) is 1. The van der Waals surface area contributed by atoms with E-state index in [1.807, 2.05) is 18.2 Å². The molecule has 1 N–H and O–H groups in total. The first kappa shape index (κ1) is 17.8. The highest BCUT2D eigenvalue weighted by Gasteiger charge is 2.11. The summed E-state index contributed by atoms with van der Waals surface area (Å²) in [5.41, 5.74) is 3.99. The Morgan fingerprint density at radius 2 is 2.04 bits per heavy atom. The average Bonchev–Trinajstić information content (AvgIpc) is 2.66. The van der Waals surface area contributed by atoms with Gasteiger partial charge in [0.2, 0.25) is 5.28 Å². The van der Waals surface area contributed by atoms with E-state index in [9.17, 15) is 0 Å². The van der Waals surface area contributed by atoms with Crippen LogP contribution in [0.3, 0.4) is 0 Å². The van der Waals surface area contributed by atoms with Crippen molar-refractivity contribution in [2.75, 3.05) is 18.9 Å². The zero-order chi connectivity index (χ0) is 18.8. The molecule has 3 aromatic rings. The summed E-state index contributed by atoms with van der Waals surface area (Å²) in [5, 5.41) is 5.05. The number of anilines is 1. The molecule has 0 saturated carbocycles. The molecule has 0 unspecified atom stereocenters. The number of pyridine rings is 1. The maximum Gasteiger partial charge on any atom is 0.224 e. The second kappa shape index (κ2) is 7.55. The van der Waals surface area contributed by atoms with E-state index in [1.165, 1.54) is 0 Å². The Morgan fingerprint density at radius 1 is 1.15 bits per heavy atom. The molecule has 1 aliphatic heterocycles. The van der Waals surface area contributed by atoms with Crippen molar-refractivity contribution in [1.82, 2.24) is 19.9 Å². The first-order valence-corrected chi connectivity index (χ1v) is 9.24. The minimum absolute atomic E-state index is 0.207. The van der Waals surface area contributed by atoms with Gasteiger partial charge in [-0.3, -0.25) is 4.98 Å². The highest BCUT2D eigenvalue weighted by molar-refractivity contribution is 6.30. The van der Waals surface area contributed by atoms with Gasteiger partial charge in [0, 0.05) is 44.1 Å². The van der Waals surface area contributed by atoms with E-state index in [-0.39, 0.29) is 5.28 Å². The van der Waals surface area contributed by atoms with E-state index >= 15 is 0 Å². The summed E-state index contributed by atoms with van der Waals surface area (Å²) in [6.07, 6.45) is 9.77. The number of nitrogens with zero attached hydrogens (tertiary/aromatic N) is 4. The van der Waals surface area contributed by atoms with Gasteiger partial charge in [-0.15, -0.1) is 0 Å². The Hall–Kier alpha value is -2.63. The van der Waals surface area contributed by atoms with Gasteiger partial charge >= 0.3 is 0 Å². The fourth-order valence-electron chi connectivity index (χ4n) is 3.00. The third kappa shape index (κ3) is 4.04. The summed E-state index contributed by atoms with van der Waals surface area (Å²) < 4.78 is 0. The van der Waals surface area contributed by atoms with Crippen molar-refractivity contribution in [1.29, 1.82) is 0 Å². The zero-order valence-corrected chi connectivity index (χ0v) is 16.2. The van der Waals surface area contributed by atoms with Crippen LogP contribution in [0.25, 0.3) is 16.5 Å². The second-order valence-electron chi connectivity index (χ2n) is 6.36. The van der Waals surface area contributed by atoms with Crippen LogP contribution in [-0.4, -0.2) is 33.4 Å². The Labute approximate surface area is 167 Å². The van der Waals surface area contributed by atoms with Gasteiger partial charge in [0.05, 0.1) is 10.5 Å². The van der Waals surface area contributed by atoms with Crippen LogP contribution in [0, 0.1) is 0 Å². The van der Waals surface area contributed by atoms with E-state index < -0.39 is 0 Å². The first-order chi connectivity index (χ1) is 13.1. The zero-order valence-electron chi connectivity index (χ0n) is 14.7. The predicted octanol–water partition coefficient (Wildman–Crippen LogP) is 4.79. The molecule has 0 atom stereocenters. The van der Waals surface area contributed by atoms with Crippen molar-refractivity contribution >= 4 is 45.5 Å². The van der Waals surface area contributed by atoms with Crippen LogP contribution in [0.1, 0.15) is 11.1 Å². The highest BCUT2D eigenvalue weighted by atomic mass is 35.5. The van der Waals surface area contributed by atoms with Crippen LogP contribution in [-0.2, 0) is 6.54 Å². The molecule has 0 spiro atoms. The molecule has 0 aliphatic carbocycles. The Bertz CT molecular complexity index is 1060. The maximum atomic E-state index is 6.11. The molecule has 0 saturated heterocycles. The normalized spacial score (nSPS) is 13.7. The third-order valence-electron chi connectivity index (χ3n) is 4.27. The molecule has 136 valence electrons. The van der Waals surface area contributed by atoms with Gasteiger partial charge in [-0.2, -0.15) is 0 Å². The van der Waals surface area contributed by atoms with Crippen LogP contribution in [0.4, 0.5) is 5.82 Å². The maximum absolute atomic E-state index is 6.11. The molecule has 0 bridgehead atoms. The van der Waals surface area contributed by atoms with Gasteiger partial charge in [-0.1, -0.05) is 29.8 Å². The molecule has 0 amide bonds. The molecule has 7 heteroatoms. The number of halogens is 2. The van der Waals surface area contributed by atoms with Crippen LogP contribution >= 0.6 is 23.2 Å². The smallest absolute Gasteiger partial charge is 0.224 e. The summed E-state index contributed by atoms with van der Waals surface area (Å²) in [5.74, 6) is 0.681. The molecular weight excluding hydrogens is 381 g/mol. The minimum Gasteiger partial charge on any atom is -0.376 e. The Balaban J connectivity index is 1.70. The molecule has 4 rings (SSSR count). The monoisotopic (exact) mass is 397 g/mol. The lowest BCUT2D eigenvalue weighted by Crippen LogP contribution is -2.13. The van der Waals surface area contributed by atoms with E-state index in [1.54, 1.807) is 12.4 Å². The molecule has 0 fully saturated rings. The molecular formula is C20H17Cl2N5. The predicted molar refractivity (Wildman–Crippen MR) is 111 cm³/mol. The number of fused-ring (bicyclic) bond motifs is 1. The molecule has 3 heterocycles. The Morgan fingerprint density at radius 3 is 2.85 bits per heavy atom. The molecule has 1 aromatic carbocycles. The highest BCUT2D eigenvalue weighted by Crippen LogP contribution is 2.28. The van der Waals surface area contributed by atoms with Crippen LogP contribution in [0.15, 0.2) is 55.0 Å². The van der Waals surface area contributed by atoms with Crippen LogP contribution in [0.2, 0.25) is 10.3 Å². The lowest BCUT2D eigenvalue weighted by molar-refractivity contribution is 0.507. The summed E-state index contributed by atoms with van der Waals surface area (Å²) in [4.78, 5) is 15.0. The number of hydrogen-bond acceptors (Lipinski definition) is 5. The molecule has 0 radical (unpaired) electrons. The lowest BCUT2D eigenvalue weighted by atomic mass is 10.0. The van der Waals surface area contributed by atoms with Crippen molar-refractivity contribution in [2.24, 2.45) is 0 Å². The fourth-order valence-corrected chi connectivity index (χ4v) is 3.37. The van der Waals surface area contributed by atoms with Gasteiger partial charge in [0.15, 0.2) is 0 Å². The van der Waals surface area contributed by atoms with Crippen molar-refractivity contribution in [2.45, 2.75) is 6.54 Å². The quantitative estimate of drug-likeness (QED) is 0.641. The van der Waals surface area contributed by atoms with Crippen molar-refractivity contribution < 1.29 is 0 Å². The molecule has 1 aliphatic rings. The third-order valence-corrected chi connectivity index (χ3v) is 4.65. The topological polar surface area (TPSA) is 53.9 Å². The van der Waals surface area contributed by atoms with Crippen LogP contribution < -0.4 is 5.32 Å². The van der Waals surface area contributed by atoms with Gasteiger partial charge in [-0.05, 0) is 46.5 Å². The summed E-state index contributed by atoms with van der Waals surface area (Å²) in [6, 6.07) is 7.96. The van der Waals surface area contributed by atoms with Gasteiger partial charge in [-0.25, -0.2) is 9.97 Å². The Kier molecular flexibility index (Phi) is 4.97. The molecule has 5 nitrogen and oxygen atoms in total. The standard InChI is InChI=1S/C20H17Cl2N5/c1-27-6-2-3-15(12-27)14-4-5-18-17(8-14)19(26-20(22)25-18)24-10-13-7-16(21)11-23-9-13/h2-5,7-9,11-12H,6,10H2,1H3,(H,24,25,26). The summed E-state index contributed by atoms with van der Waals surface area (Å²) in [6.45, 7) is 1.45. The van der Waals surface area contributed by atoms with Gasteiger partial charge in [0.25, 0.3) is 0 Å².